The third-order valence-corrected chi connectivity index (χ3v) is 5.97. The monoisotopic (exact) mass is 398 g/mol. The Labute approximate surface area is 169 Å². The van der Waals surface area contributed by atoms with E-state index in [4.69, 9.17) is 0 Å². The van der Waals surface area contributed by atoms with Crippen molar-refractivity contribution in [1.82, 2.24) is 20.9 Å². The lowest BCUT2D eigenvalue weighted by molar-refractivity contribution is -0.136. The van der Waals surface area contributed by atoms with Gasteiger partial charge in [-0.05, 0) is 57.3 Å². The average molecular weight is 398 g/mol. The van der Waals surface area contributed by atoms with Gasteiger partial charge in [-0.25, -0.2) is 0 Å². The maximum Gasteiger partial charge on any atom is 0.262 e. The Bertz CT molecular complexity index is 895. The maximum absolute atomic E-state index is 13.1. The van der Waals surface area contributed by atoms with Crippen LogP contribution in [0.1, 0.15) is 59.4 Å². The number of nitrogens with one attached hydrogen (secondary N) is 3. The number of hydrogen-bond donors (Lipinski definition) is 3. The number of nitrogens with zero attached hydrogens (tertiary/aromatic N) is 1. The number of hydrogen-bond acceptors (Lipinski definition) is 6. The Hall–Kier alpha value is -2.58. The van der Waals surface area contributed by atoms with Crippen LogP contribution in [0.3, 0.4) is 0 Å². The molecule has 0 aliphatic carbocycles. The summed E-state index contributed by atoms with van der Waals surface area (Å²) in [6, 6.07) is 4.28. The molecule has 2 atom stereocenters. The second kappa shape index (κ2) is 7.35. The molecule has 0 aromatic heterocycles. The van der Waals surface area contributed by atoms with Gasteiger partial charge in [-0.2, -0.15) is 0 Å². The predicted molar refractivity (Wildman–Crippen MR) is 105 cm³/mol. The third-order valence-electron chi connectivity index (χ3n) is 5.97. The first-order valence-electron chi connectivity index (χ1n) is 10.1. The fourth-order valence-electron chi connectivity index (χ4n) is 4.57. The number of amides is 4. The molecule has 2 saturated heterocycles. The third kappa shape index (κ3) is 3.70. The number of imide groups is 2. The van der Waals surface area contributed by atoms with Crippen LogP contribution in [0.15, 0.2) is 18.2 Å². The van der Waals surface area contributed by atoms with Crippen LogP contribution in [-0.4, -0.2) is 53.2 Å². The van der Waals surface area contributed by atoms with E-state index in [0.29, 0.717) is 23.6 Å². The molecule has 0 spiro atoms. The van der Waals surface area contributed by atoms with Gasteiger partial charge in [-0.15, -0.1) is 0 Å². The zero-order valence-corrected chi connectivity index (χ0v) is 16.7. The Morgan fingerprint density at radius 2 is 1.97 bits per heavy atom. The lowest BCUT2D eigenvalue weighted by Gasteiger charge is -2.27. The highest BCUT2D eigenvalue weighted by Crippen LogP contribution is 2.30. The molecular weight excluding hydrogens is 372 g/mol. The summed E-state index contributed by atoms with van der Waals surface area (Å²) in [5.41, 5.74) is 1.58. The topological polar surface area (TPSA) is 108 Å². The minimum Gasteiger partial charge on any atom is -0.312 e. The molecule has 2 unspecified atom stereocenters. The maximum atomic E-state index is 13.1. The number of carbonyl (C=O) groups excluding carboxylic acids is 4. The molecule has 0 bridgehead atoms. The fraction of sp³-hybridized carbons (Fsp3) is 0.524. The summed E-state index contributed by atoms with van der Waals surface area (Å²) in [7, 11) is 0. The van der Waals surface area contributed by atoms with E-state index in [-0.39, 0.29) is 24.3 Å². The van der Waals surface area contributed by atoms with Crippen LogP contribution >= 0.6 is 0 Å². The zero-order chi connectivity index (χ0) is 20.8. The van der Waals surface area contributed by atoms with Gasteiger partial charge in [0.25, 0.3) is 11.8 Å². The van der Waals surface area contributed by atoms with Crippen molar-refractivity contribution in [3.05, 3.63) is 34.9 Å². The Morgan fingerprint density at radius 1 is 1.17 bits per heavy atom. The molecule has 3 aliphatic heterocycles. The number of piperidine rings is 1. The molecule has 4 amide bonds. The quantitative estimate of drug-likeness (QED) is 0.626. The SMILES string of the molecule is CC1(C)CC(CNCc2cccc3c2C(=O)N(C2CCC(=O)NC2=O)C3=O)CN1. The lowest BCUT2D eigenvalue weighted by Crippen LogP contribution is -2.54. The molecular formula is C21H26N4O4. The highest BCUT2D eigenvalue weighted by Gasteiger charge is 2.45. The standard InChI is InChI=1S/C21H26N4O4/c1-21(2)8-12(10-23-21)9-22-11-13-4-3-5-14-17(13)20(29)25(19(14)28)15-6-7-16(26)24-18(15)27/h3-5,12,15,22-23H,6-11H2,1-2H3,(H,24,26,27). The normalized spacial score (nSPS) is 26.1. The first-order valence-corrected chi connectivity index (χ1v) is 10.1. The smallest absolute Gasteiger partial charge is 0.262 e. The summed E-state index contributed by atoms with van der Waals surface area (Å²) < 4.78 is 0. The lowest BCUT2D eigenvalue weighted by atomic mass is 9.97. The first kappa shape index (κ1) is 19.7. The Balaban J connectivity index is 1.48. The van der Waals surface area contributed by atoms with Gasteiger partial charge in [-0.1, -0.05) is 12.1 Å². The summed E-state index contributed by atoms with van der Waals surface area (Å²) in [5.74, 6) is -1.38. The summed E-state index contributed by atoms with van der Waals surface area (Å²) in [6.07, 6.45) is 1.35. The van der Waals surface area contributed by atoms with Crippen LogP contribution in [0.4, 0.5) is 0 Å². The minimum absolute atomic E-state index is 0.115. The van der Waals surface area contributed by atoms with Gasteiger partial charge in [0, 0.05) is 18.5 Å². The van der Waals surface area contributed by atoms with Gasteiger partial charge in [0.2, 0.25) is 11.8 Å². The average Bonchev–Trinajstić information content (AvgIpc) is 3.13. The summed E-state index contributed by atoms with van der Waals surface area (Å²) in [4.78, 5) is 50.5. The van der Waals surface area contributed by atoms with Gasteiger partial charge < -0.3 is 10.6 Å². The van der Waals surface area contributed by atoms with Crippen LogP contribution in [-0.2, 0) is 16.1 Å². The number of rotatable bonds is 5. The molecule has 8 heteroatoms. The van der Waals surface area contributed by atoms with Crippen molar-refractivity contribution in [2.75, 3.05) is 13.1 Å². The number of benzene rings is 1. The number of fused-ring (bicyclic) bond motifs is 1. The van der Waals surface area contributed by atoms with E-state index in [9.17, 15) is 19.2 Å². The summed E-state index contributed by atoms with van der Waals surface area (Å²) in [6.45, 7) is 6.62. The van der Waals surface area contributed by atoms with Gasteiger partial charge in [-0.3, -0.25) is 29.4 Å². The molecule has 0 radical (unpaired) electrons. The molecule has 2 fully saturated rings. The Morgan fingerprint density at radius 3 is 2.66 bits per heavy atom. The fourth-order valence-corrected chi connectivity index (χ4v) is 4.57. The van der Waals surface area contributed by atoms with Crippen molar-refractivity contribution < 1.29 is 19.2 Å². The van der Waals surface area contributed by atoms with Crippen molar-refractivity contribution in [1.29, 1.82) is 0 Å². The van der Waals surface area contributed by atoms with Crippen molar-refractivity contribution in [2.45, 2.75) is 51.2 Å². The van der Waals surface area contributed by atoms with Crippen LogP contribution in [0.5, 0.6) is 0 Å². The second-order valence-corrected chi connectivity index (χ2v) is 8.75. The molecule has 0 saturated carbocycles. The van der Waals surface area contributed by atoms with Crippen molar-refractivity contribution in [3.8, 4) is 0 Å². The first-order chi connectivity index (χ1) is 13.8. The van der Waals surface area contributed by atoms with E-state index in [0.717, 1.165) is 30.0 Å². The largest absolute Gasteiger partial charge is 0.312 e. The predicted octanol–water partition coefficient (Wildman–Crippen LogP) is 0.566. The summed E-state index contributed by atoms with van der Waals surface area (Å²) >= 11 is 0. The van der Waals surface area contributed by atoms with Crippen molar-refractivity contribution in [2.24, 2.45) is 5.92 Å². The van der Waals surface area contributed by atoms with Crippen LogP contribution in [0.2, 0.25) is 0 Å². The van der Waals surface area contributed by atoms with Gasteiger partial charge in [0.15, 0.2) is 0 Å². The minimum atomic E-state index is -0.937. The molecule has 1 aromatic carbocycles. The molecule has 1 aromatic rings. The van der Waals surface area contributed by atoms with E-state index in [1.165, 1.54) is 0 Å². The van der Waals surface area contributed by atoms with E-state index >= 15 is 0 Å². The van der Waals surface area contributed by atoms with E-state index in [1.54, 1.807) is 12.1 Å². The van der Waals surface area contributed by atoms with E-state index in [2.05, 4.69) is 29.8 Å². The van der Waals surface area contributed by atoms with Gasteiger partial charge >= 0.3 is 0 Å². The van der Waals surface area contributed by atoms with Crippen LogP contribution in [0, 0.1) is 5.92 Å². The van der Waals surface area contributed by atoms with Gasteiger partial charge in [0.1, 0.15) is 6.04 Å². The highest BCUT2D eigenvalue weighted by atomic mass is 16.2. The van der Waals surface area contributed by atoms with Crippen molar-refractivity contribution >= 4 is 23.6 Å². The molecule has 4 rings (SSSR count). The molecule has 29 heavy (non-hydrogen) atoms. The van der Waals surface area contributed by atoms with E-state index in [1.807, 2.05) is 6.07 Å². The van der Waals surface area contributed by atoms with Crippen LogP contribution in [0.25, 0.3) is 0 Å². The second-order valence-electron chi connectivity index (χ2n) is 8.75. The molecule has 154 valence electrons. The Kier molecular flexibility index (Phi) is 5.00. The van der Waals surface area contributed by atoms with Crippen molar-refractivity contribution in [3.63, 3.8) is 0 Å². The summed E-state index contributed by atoms with van der Waals surface area (Å²) in [5, 5.41) is 9.12. The molecule has 3 heterocycles. The zero-order valence-electron chi connectivity index (χ0n) is 16.7. The molecule has 3 N–H and O–H groups in total. The molecule has 3 aliphatic rings. The molecule has 8 nitrogen and oxygen atoms in total. The van der Waals surface area contributed by atoms with E-state index < -0.39 is 23.8 Å². The van der Waals surface area contributed by atoms with Gasteiger partial charge in [0.05, 0.1) is 11.1 Å². The highest BCUT2D eigenvalue weighted by molar-refractivity contribution is 6.24. The van der Waals surface area contributed by atoms with Crippen LogP contribution < -0.4 is 16.0 Å². The number of carbonyl (C=O) groups is 4.